The quantitative estimate of drug-likeness (QED) is 0.0844. The van der Waals surface area contributed by atoms with E-state index in [2.05, 4.69) is 5.32 Å². The van der Waals surface area contributed by atoms with Gasteiger partial charge in [-0.05, 0) is 113 Å². The predicted molar refractivity (Wildman–Crippen MR) is 274 cm³/mol. The number of carbonyl (C=O) groups excluding carboxylic acids is 3. The van der Waals surface area contributed by atoms with Crippen molar-refractivity contribution in [2.24, 2.45) is 24.8 Å². The molecule has 1 aromatic carbocycles. The van der Waals surface area contributed by atoms with Gasteiger partial charge in [0.25, 0.3) is 0 Å². The molecule has 18 atom stereocenters. The van der Waals surface area contributed by atoms with Gasteiger partial charge in [0.05, 0.1) is 53.7 Å². The summed E-state index contributed by atoms with van der Waals surface area (Å²) >= 11 is 0. The van der Waals surface area contributed by atoms with Crippen LogP contribution in [-0.4, -0.2) is 189 Å². The van der Waals surface area contributed by atoms with Crippen molar-refractivity contribution in [1.82, 2.24) is 19.7 Å². The molecule has 4 heterocycles. The Labute approximate surface area is 434 Å². The number of esters is 1. The van der Waals surface area contributed by atoms with Gasteiger partial charge in [0.1, 0.15) is 30.0 Å². The zero-order chi connectivity index (χ0) is 54.5. The van der Waals surface area contributed by atoms with Crippen molar-refractivity contribution in [3.63, 3.8) is 0 Å². The van der Waals surface area contributed by atoms with E-state index in [0.717, 1.165) is 5.56 Å². The molecule has 0 radical (unpaired) electrons. The normalized spacial score (nSPS) is 38.6. The fraction of sp³-hybridized carbons (Fsp3) is 0.764. The highest BCUT2D eigenvalue weighted by atomic mass is 16.7. The van der Waals surface area contributed by atoms with Crippen LogP contribution in [0.4, 0.5) is 0 Å². The predicted octanol–water partition coefficient (Wildman–Crippen LogP) is 3.90. The summed E-state index contributed by atoms with van der Waals surface area (Å²) in [6, 6.07) is 9.82. The van der Waals surface area contributed by atoms with Gasteiger partial charge in [0.15, 0.2) is 12.6 Å². The van der Waals surface area contributed by atoms with Gasteiger partial charge in [0.2, 0.25) is 11.7 Å². The molecule has 0 spiro atoms. The second kappa shape index (κ2) is 25.2. The molecule has 0 aliphatic carbocycles. The van der Waals surface area contributed by atoms with Crippen LogP contribution in [0.5, 0.6) is 0 Å². The first-order valence-corrected chi connectivity index (χ1v) is 26.4. The minimum atomic E-state index is -1.94. The summed E-state index contributed by atoms with van der Waals surface area (Å²) in [5.74, 6) is -3.32. The van der Waals surface area contributed by atoms with Crippen molar-refractivity contribution in [2.45, 2.75) is 205 Å². The Morgan fingerprint density at radius 2 is 1.58 bits per heavy atom. The lowest BCUT2D eigenvalue weighted by atomic mass is 9.77. The maximum Gasteiger partial charge on any atom is 0.311 e. The topological polar surface area (TPSA) is 231 Å². The van der Waals surface area contributed by atoms with Gasteiger partial charge in [0, 0.05) is 69.5 Å². The summed E-state index contributed by atoms with van der Waals surface area (Å²) in [6.07, 6.45) is -8.75. The maximum absolute atomic E-state index is 14.6. The van der Waals surface area contributed by atoms with Gasteiger partial charge in [-0.2, -0.15) is 0 Å². The molecule has 73 heavy (non-hydrogen) atoms. The van der Waals surface area contributed by atoms with E-state index in [1.807, 2.05) is 56.8 Å². The van der Waals surface area contributed by atoms with Crippen molar-refractivity contribution in [2.75, 3.05) is 40.8 Å². The molecule has 1 aromatic heterocycles. The number of aryl methyl sites for hydroxylation is 1. The van der Waals surface area contributed by atoms with Crippen molar-refractivity contribution in [1.29, 1.82) is 0 Å². The number of aliphatic hydroxyl groups excluding tert-OH is 3. The first-order valence-electron chi connectivity index (χ1n) is 26.4. The highest BCUT2D eigenvalue weighted by molar-refractivity contribution is 6.08. The van der Waals surface area contributed by atoms with Crippen molar-refractivity contribution >= 4 is 17.7 Å². The van der Waals surface area contributed by atoms with Gasteiger partial charge in [-0.25, -0.2) is 0 Å². The summed E-state index contributed by atoms with van der Waals surface area (Å²) in [5.41, 5.74) is -1.93. The lowest BCUT2D eigenvalue weighted by Crippen LogP contribution is -2.60. The number of methoxy groups -OCH3 is 1. The number of likely N-dealkylation sites (N-methyl/N-ethyl adjacent to an activating group) is 1. The van der Waals surface area contributed by atoms with E-state index in [0.29, 0.717) is 42.9 Å². The number of nitrogens with zero attached hydrogens (tertiary/aromatic N) is 3. The summed E-state index contributed by atoms with van der Waals surface area (Å²) in [7, 11) is 7.01. The van der Waals surface area contributed by atoms with Crippen LogP contribution >= 0.6 is 0 Å². The van der Waals surface area contributed by atoms with Crippen molar-refractivity contribution < 1.29 is 68.3 Å². The largest absolute Gasteiger partial charge is 0.459 e. The molecular weight excluding hydrogens is 941 g/mol. The lowest BCUT2D eigenvalue weighted by molar-refractivity contribution is -0.318. The molecular formula is C55H90N4O14. The molecule has 2 aromatic rings. The van der Waals surface area contributed by atoms with Gasteiger partial charge < -0.3 is 68.7 Å². The second-order valence-electron chi connectivity index (χ2n) is 22.6. The molecule has 3 aliphatic rings. The standard InChI is InChI=1S/C55H90N4O14/c1-16-42-55(11,67)48(63)36(7)59(25-17-24-56-43(60)27-39-22-23-40(58(39)14)45(61)38-20-18-31(2)19-21-38)30-32(3)28-53(9,66)50(73-52-46(62)41(57(12)13)26-33(4)69-52)34(5)47(35(6)51(65)71-42)72-44-29-54(10,68-15)49(64)37(8)70-44/h18-23,32-37,41-42,44,46-50,52,62-64,66-67H,16-17,24-30H2,1-15H3,(H,56,60)/t32-,33-,34+,35-,36-,37+,41+,42-,44+,46-,47+,48-,49+,50-,52+,53-,54-,55-/m1/s1. The van der Waals surface area contributed by atoms with E-state index in [1.54, 1.807) is 84.3 Å². The number of aromatic nitrogens is 1. The highest BCUT2D eigenvalue weighted by Crippen LogP contribution is 2.40. The number of rotatable bonds is 15. The average molecular weight is 1030 g/mol. The Morgan fingerprint density at radius 1 is 0.918 bits per heavy atom. The van der Waals surface area contributed by atoms with Crippen LogP contribution in [0.25, 0.3) is 0 Å². The van der Waals surface area contributed by atoms with Crippen molar-refractivity contribution in [3.05, 3.63) is 58.9 Å². The third-order valence-corrected chi connectivity index (χ3v) is 16.1. The number of ketones is 1. The van der Waals surface area contributed by atoms with Crippen LogP contribution in [0, 0.1) is 24.7 Å². The minimum absolute atomic E-state index is 0.0505. The van der Waals surface area contributed by atoms with E-state index in [-0.39, 0.29) is 62.0 Å². The molecule has 0 bridgehead atoms. The lowest BCUT2D eigenvalue weighted by Gasteiger charge is -2.48. The monoisotopic (exact) mass is 1030 g/mol. The number of ether oxygens (including phenoxy) is 6. The molecule has 3 fully saturated rings. The Kier molecular flexibility index (Phi) is 20.9. The number of amides is 1. The van der Waals surface area contributed by atoms with E-state index < -0.39 is 96.0 Å². The molecule has 6 N–H and O–H groups in total. The first-order chi connectivity index (χ1) is 34.1. The zero-order valence-electron chi connectivity index (χ0n) is 46.2. The fourth-order valence-corrected chi connectivity index (χ4v) is 11.4. The molecule has 18 nitrogen and oxygen atoms in total. The van der Waals surface area contributed by atoms with Crippen LogP contribution in [0.3, 0.4) is 0 Å². The highest BCUT2D eigenvalue weighted by Gasteiger charge is 2.53. The van der Waals surface area contributed by atoms with Gasteiger partial charge in [-0.1, -0.05) is 50.6 Å². The molecule has 0 unspecified atom stereocenters. The number of nitrogens with one attached hydrogen (secondary N) is 1. The summed E-state index contributed by atoms with van der Waals surface area (Å²) in [6.45, 7) is 20.4. The molecule has 3 aliphatic heterocycles. The fourth-order valence-electron chi connectivity index (χ4n) is 11.4. The summed E-state index contributed by atoms with van der Waals surface area (Å²) in [5, 5.41) is 63.2. The van der Waals surface area contributed by atoms with Crippen LogP contribution in [0.2, 0.25) is 0 Å². The number of aliphatic hydroxyl groups is 5. The van der Waals surface area contributed by atoms with E-state index >= 15 is 0 Å². The third-order valence-electron chi connectivity index (χ3n) is 16.1. The van der Waals surface area contributed by atoms with E-state index in [9.17, 15) is 39.9 Å². The molecule has 18 heteroatoms. The van der Waals surface area contributed by atoms with Gasteiger partial charge >= 0.3 is 5.97 Å². The second-order valence-corrected chi connectivity index (χ2v) is 22.6. The van der Waals surface area contributed by atoms with E-state index in [1.165, 1.54) is 14.0 Å². The number of hydrogen-bond acceptors (Lipinski definition) is 16. The average Bonchev–Trinajstić information content (AvgIpc) is 3.69. The third kappa shape index (κ3) is 14.4. The number of cyclic esters (lactones) is 1. The Balaban J connectivity index is 1.44. The SMILES string of the molecule is CC[C@H]1OC(=O)[C@H](C)[C@@H](O[C@H]2C[C@@](C)(OC)[C@@H](O)[C@H](C)O2)[C@H](C)[C@@H](O[C@@H]2O[C@H](C)C[C@H](N(C)C)[C@H]2O)[C@](C)(O)C[C@@H](C)CN(CCCNC(=O)Cc2ccc(C(=O)c3ccc(C)cc3)n2C)[C@H](C)[C@@H](O)[C@]1(C)O. The summed E-state index contributed by atoms with van der Waals surface area (Å²) in [4.78, 5) is 45.2. The summed E-state index contributed by atoms with van der Waals surface area (Å²) < 4.78 is 39.9. The molecule has 3 saturated heterocycles. The van der Waals surface area contributed by atoms with Crippen LogP contribution in [0.15, 0.2) is 36.4 Å². The van der Waals surface area contributed by atoms with Crippen LogP contribution in [0.1, 0.15) is 129 Å². The first kappa shape index (κ1) is 60.5. The number of hydrogen-bond donors (Lipinski definition) is 6. The molecule has 414 valence electrons. The Morgan fingerprint density at radius 3 is 2.19 bits per heavy atom. The van der Waals surface area contributed by atoms with E-state index in [4.69, 9.17) is 28.4 Å². The van der Waals surface area contributed by atoms with Gasteiger partial charge in [-0.3, -0.25) is 19.3 Å². The van der Waals surface area contributed by atoms with Gasteiger partial charge in [-0.15, -0.1) is 0 Å². The zero-order valence-corrected chi connectivity index (χ0v) is 46.2. The maximum atomic E-state index is 14.6. The Bertz CT molecular complexity index is 2120. The number of carbonyl (C=O) groups is 3. The molecule has 1 amide bonds. The smallest absolute Gasteiger partial charge is 0.311 e. The van der Waals surface area contributed by atoms with Crippen molar-refractivity contribution in [3.8, 4) is 0 Å². The minimum Gasteiger partial charge on any atom is -0.459 e. The molecule has 5 rings (SSSR count). The van der Waals surface area contributed by atoms with Crippen LogP contribution in [-0.2, 0) is 51.5 Å². The number of benzene rings is 1. The molecule has 0 saturated carbocycles. The Hall–Kier alpha value is -3.37. The van der Waals surface area contributed by atoms with Crippen LogP contribution < -0.4 is 5.32 Å².